The van der Waals surface area contributed by atoms with Gasteiger partial charge in [-0.05, 0) is 18.4 Å². The van der Waals surface area contributed by atoms with Crippen molar-refractivity contribution in [3.8, 4) is 0 Å². The number of esters is 1. The molecule has 1 atom stereocenters. The number of benzene rings is 1. The normalized spacial score (nSPS) is 17.6. The van der Waals surface area contributed by atoms with Crippen LogP contribution < -0.4 is 5.43 Å². The molecule has 0 radical (unpaired) electrons. The Morgan fingerprint density at radius 1 is 1.32 bits per heavy atom. The van der Waals surface area contributed by atoms with Crippen LogP contribution in [-0.2, 0) is 20.9 Å². The van der Waals surface area contributed by atoms with Crippen LogP contribution in [0.3, 0.4) is 0 Å². The van der Waals surface area contributed by atoms with Gasteiger partial charge in [-0.25, -0.2) is 15.2 Å². The second-order valence-electron chi connectivity index (χ2n) is 4.93. The number of hydrogen-bond donors (Lipinski definition) is 1. The zero-order valence-electron chi connectivity index (χ0n) is 12.4. The van der Waals surface area contributed by atoms with Gasteiger partial charge >= 0.3 is 12.1 Å². The van der Waals surface area contributed by atoms with Crippen molar-refractivity contribution >= 4 is 12.1 Å². The standard InChI is InChI=1S/C16H20N2O4/c1-2-11-21-15(19)14-9-6-10-18(17-14)16(20)22-12-13-7-4-3-5-8-13/h2-5,7-8,14,17H,1,6,9-12H2/t14-/m1/s1. The third-order valence-corrected chi connectivity index (χ3v) is 3.24. The van der Waals surface area contributed by atoms with E-state index in [-0.39, 0.29) is 19.2 Å². The third-order valence-electron chi connectivity index (χ3n) is 3.24. The molecule has 1 N–H and O–H groups in total. The van der Waals surface area contributed by atoms with Crippen LogP contribution >= 0.6 is 0 Å². The summed E-state index contributed by atoms with van der Waals surface area (Å²) in [7, 11) is 0. The van der Waals surface area contributed by atoms with Crippen LogP contribution in [0.1, 0.15) is 18.4 Å². The summed E-state index contributed by atoms with van der Waals surface area (Å²) < 4.78 is 10.2. The van der Waals surface area contributed by atoms with Crippen LogP contribution in [-0.4, -0.2) is 36.3 Å². The zero-order chi connectivity index (χ0) is 15.8. The molecule has 6 nitrogen and oxygen atoms in total. The van der Waals surface area contributed by atoms with E-state index in [1.54, 1.807) is 0 Å². The van der Waals surface area contributed by atoms with E-state index in [2.05, 4.69) is 12.0 Å². The van der Waals surface area contributed by atoms with Gasteiger partial charge in [-0.2, -0.15) is 0 Å². The lowest BCUT2D eigenvalue weighted by Crippen LogP contribution is -2.55. The molecule has 0 bridgehead atoms. The van der Waals surface area contributed by atoms with Crippen LogP contribution in [0.15, 0.2) is 43.0 Å². The van der Waals surface area contributed by atoms with Crippen LogP contribution in [0.5, 0.6) is 0 Å². The number of carbonyl (C=O) groups excluding carboxylic acids is 2. The van der Waals surface area contributed by atoms with Gasteiger partial charge in [0.05, 0.1) is 0 Å². The largest absolute Gasteiger partial charge is 0.460 e. The molecule has 1 fully saturated rings. The summed E-state index contributed by atoms with van der Waals surface area (Å²) in [6.45, 7) is 4.35. The molecule has 0 saturated carbocycles. The predicted octanol–water partition coefficient (Wildman–Crippen LogP) is 2.02. The SMILES string of the molecule is C=CCOC(=O)[C@H]1CCCN(C(=O)OCc2ccccc2)N1. The molecule has 2 rings (SSSR count). The van der Waals surface area contributed by atoms with Crippen molar-refractivity contribution in [1.29, 1.82) is 0 Å². The molecule has 1 amide bonds. The van der Waals surface area contributed by atoms with Crippen molar-refractivity contribution in [3.63, 3.8) is 0 Å². The number of nitrogens with one attached hydrogen (secondary N) is 1. The average Bonchev–Trinajstić information content (AvgIpc) is 2.58. The second-order valence-corrected chi connectivity index (χ2v) is 4.93. The number of carbonyl (C=O) groups is 2. The molecule has 0 aromatic heterocycles. The number of hydrazine groups is 1. The van der Waals surface area contributed by atoms with E-state index in [1.807, 2.05) is 30.3 Å². The number of ether oxygens (including phenoxy) is 2. The molecule has 0 unspecified atom stereocenters. The molecule has 1 aromatic rings. The Hall–Kier alpha value is -2.34. The second kappa shape index (κ2) is 8.19. The van der Waals surface area contributed by atoms with Crippen molar-refractivity contribution < 1.29 is 19.1 Å². The Morgan fingerprint density at radius 3 is 2.82 bits per heavy atom. The van der Waals surface area contributed by atoms with E-state index in [0.717, 1.165) is 5.56 Å². The van der Waals surface area contributed by atoms with Gasteiger partial charge in [0.25, 0.3) is 0 Å². The van der Waals surface area contributed by atoms with E-state index >= 15 is 0 Å². The minimum absolute atomic E-state index is 0.162. The number of hydrogen-bond acceptors (Lipinski definition) is 5. The van der Waals surface area contributed by atoms with Crippen LogP contribution in [0.2, 0.25) is 0 Å². The fraction of sp³-hybridized carbons (Fsp3) is 0.375. The van der Waals surface area contributed by atoms with Gasteiger partial charge in [0, 0.05) is 6.54 Å². The topological polar surface area (TPSA) is 67.9 Å². The highest BCUT2D eigenvalue weighted by Crippen LogP contribution is 2.11. The summed E-state index contributed by atoms with van der Waals surface area (Å²) in [6, 6.07) is 8.90. The first-order valence-corrected chi connectivity index (χ1v) is 7.22. The van der Waals surface area contributed by atoms with Crippen LogP contribution in [0.4, 0.5) is 4.79 Å². The molecule has 1 saturated heterocycles. The van der Waals surface area contributed by atoms with Gasteiger partial charge in [0.15, 0.2) is 0 Å². The third kappa shape index (κ3) is 4.60. The van der Waals surface area contributed by atoms with Gasteiger partial charge in [-0.1, -0.05) is 43.0 Å². The predicted molar refractivity (Wildman–Crippen MR) is 80.6 cm³/mol. The minimum Gasteiger partial charge on any atom is -0.460 e. The molecule has 0 aliphatic carbocycles. The Kier molecular flexibility index (Phi) is 5.97. The maximum Gasteiger partial charge on any atom is 0.424 e. The Morgan fingerprint density at radius 2 is 2.09 bits per heavy atom. The van der Waals surface area contributed by atoms with Gasteiger partial charge in [0.2, 0.25) is 0 Å². The molecule has 6 heteroatoms. The monoisotopic (exact) mass is 304 g/mol. The maximum absolute atomic E-state index is 12.0. The van der Waals surface area contributed by atoms with Crippen LogP contribution in [0, 0.1) is 0 Å². The van der Waals surface area contributed by atoms with Crippen LogP contribution in [0.25, 0.3) is 0 Å². The first kappa shape index (κ1) is 16.0. The first-order chi connectivity index (χ1) is 10.7. The van der Waals surface area contributed by atoms with Gasteiger partial charge in [0.1, 0.15) is 19.3 Å². The van der Waals surface area contributed by atoms with E-state index in [0.29, 0.717) is 19.4 Å². The summed E-state index contributed by atoms with van der Waals surface area (Å²) in [5.41, 5.74) is 3.76. The Balaban J connectivity index is 1.82. The highest BCUT2D eigenvalue weighted by molar-refractivity contribution is 5.77. The number of amides is 1. The smallest absolute Gasteiger partial charge is 0.424 e. The molecule has 1 aromatic carbocycles. The Labute approximate surface area is 129 Å². The lowest BCUT2D eigenvalue weighted by molar-refractivity contribution is -0.147. The molecular formula is C16H20N2O4. The van der Waals surface area contributed by atoms with E-state index in [4.69, 9.17) is 9.47 Å². The molecular weight excluding hydrogens is 284 g/mol. The molecule has 22 heavy (non-hydrogen) atoms. The summed E-state index contributed by atoms with van der Waals surface area (Å²) in [5.74, 6) is -0.388. The van der Waals surface area contributed by atoms with Crippen molar-refractivity contribution in [1.82, 2.24) is 10.4 Å². The van der Waals surface area contributed by atoms with Crippen molar-refractivity contribution in [2.75, 3.05) is 13.2 Å². The quantitative estimate of drug-likeness (QED) is 0.666. The lowest BCUT2D eigenvalue weighted by atomic mass is 10.1. The first-order valence-electron chi connectivity index (χ1n) is 7.22. The summed E-state index contributed by atoms with van der Waals surface area (Å²) >= 11 is 0. The summed E-state index contributed by atoms with van der Waals surface area (Å²) in [4.78, 5) is 23.8. The molecule has 118 valence electrons. The average molecular weight is 304 g/mol. The van der Waals surface area contributed by atoms with Crippen molar-refractivity contribution in [3.05, 3.63) is 48.6 Å². The van der Waals surface area contributed by atoms with Gasteiger partial charge in [-0.3, -0.25) is 4.79 Å². The number of rotatable bonds is 5. The highest BCUT2D eigenvalue weighted by Gasteiger charge is 2.29. The molecule has 1 aliphatic rings. The lowest BCUT2D eigenvalue weighted by Gasteiger charge is -2.31. The molecule has 1 heterocycles. The van der Waals surface area contributed by atoms with Crippen molar-refractivity contribution in [2.24, 2.45) is 0 Å². The highest BCUT2D eigenvalue weighted by atomic mass is 16.6. The van der Waals surface area contributed by atoms with Gasteiger partial charge in [-0.15, -0.1) is 0 Å². The molecule has 0 spiro atoms. The minimum atomic E-state index is -0.530. The van der Waals surface area contributed by atoms with Gasteiger partial charge < -0.3 is 9.47 Å². The Bertz CT molecular complexity index is 518. The summed E-state index contributed by atoms with van der Waals surface area (Å²) in [5, 5.41) is 1.33. The zero-order valence-corrected chi connectivity index (χ0v) is 12.4. The van der Waals surface area contributed by atoms with E-state index in [1.165, 1.54) is 11.1 Å². The maximum atomic E-state index is 12.0. The fourth-order valence-corrected chi connectivity index (χ4v) is 2.12. The molecule has 1 aliphatic heterocycles. The summed E-state index contributed by atoms with van der Waals surface area (Å²) in [6.07, 6.45) is 2.34. The fourth-order valence-electron chi connectivity index (χ4n) is 2.12. The van der Waals surface area contributed by atoms with E-state index in [9.17, 15) is 9.59 Å². The van der Waals surface area contributed by atoms with E-state index < -0.39 is 12.1 Å². The van der Waals surface area contributed by atoms with Crippen molar-refractivity contribution in [2.45, 2.75) is 25.5 Å². The number of nitrogens with zero attached hydrogens (tertiary/aromatic N) is 1.